The van der Waals surface area contributed by atoms with E-state index in [1.54, 1.807) is 6.08 Å². The molecule has 0 aliphatic carbocycles. The number of amides is 1. The first-order valence-electron chi connectivity index (χ1n) is 5.43. The zero-order valence-corrected chi connectivity index (χ0v) is 8.78. The van der Waals surface area contributed by atoms with E-state index in [4.69, 9.17) is 0 Å². The monoisotopic (exact) mass is 194 g/mol. The van der Waals surface area contributed by atoms with Crippen LogP contribution < -0.4 is 0 Å². The third kappa shape index (κ3) is 1.98. The van der Waals surface area contributed by atoms with E-state index in [-0.39, 0.29) is 5.91 Å². The summed E-state index contributed by atoms with van der Waals surface area (Å²) in [6.07, 6.45) is 7.36. The van der Waals surface area contributed by atoms with E-state index in [0.29, 0.717) is 6.04 Å². The summed E-state index contributed by atoms with van der Waals surface area (Å²) in [6, 6.07) is 0.698. The number of carbonyl (C=O) groups excluding carboxylic acids is 1. The first-order chi connectivity index (χ1) is 6.77. The molecule has 3 nitrogen and oxygen atoms in total. The van der Waals surface area contributed by atoms with Crippen molar-refractivity contribution in [1.82, 2.24) is 9.80 Å². The molecule has 0 aromatic rings. The number of carbonyl (C=O) groups is 1. The van der Waals surface area contributed by atoms with E-state index in [1.165, 1.54) is 19.4 Å². The molecule has 1 amide bonds. The summed E-state index contributed by atoms with van der Waals surface area (Å²) in [7, 11) is 2.18. The number of nitrogens with zero attached hydrogens (tertiary/aromatic N) is 2. The Kier molecular flexibility index (Phi) is 2.87. The van der Waals surface area contributed by atoms with Crippen LogP contribution in [0.1, 0.15) is 19.3 Å². The van der Waals surface area contributed by atoms with Crippen LogP contribution in [-0.2, 0) is 4.79 Å². The largest absolute Gasteiger partial charge is 0.335 e. The topological polar surface area (TPSA) is 23.6 Å². The van der Waals surface area contributed by atoms with Gasteiger partial charge in [-0.25, -0.2) is 0 Å². The SMILES string of the molecule is CN1CCCC1CCN1CC=CC1=O. The van der Waals surface area contributed by atoms with Gasteiger partial charge in [-0.05, 0) is 32.9 Å². The summed E-state index contributed by atoms with van der Waals surface area (Å²) in [5.41, 5.74) is 0. The van der Waals surface area contributed by atoms with Crippen molar-refractivity contribution in [3.8, 4) is 0 Å². The molecule has 1 fully saturated rings. The average molecular weight is 194 g/mol. The predicted octanol–water partition coefficient (Wildman–Crippen LogP) is 0.869. The molecular weight excluding hydrogens is 176 g/mol. The Labute approximate surface area is 85.4 Å². The second-order valence-electron chi connectivity index (χ2n) is 4.25. The maximum absolute atomic E-state index is 11.3. The molecule has 0 spiro atoms. The molecule has 2 rings (SSSR count). The molecule has 0 bridgehead atoms. The van der Waals surface area contributed by atoms with Crippen LogP contribution in [0, 0.1) is 0 Å². The molecule has 1 unspecified atom stereocenters. The zero-order chi connectivity index (χ0) is 9.97. The Morgan fingerprint density at radius 1 is 1.57 bits per heavy atom. The molecule has 78 valence electrons. The van der Waals surface area contributed by atoms with E-state index in [0.717, 1.165) is 19.5 Å². The highest BCUT2D eigenvalue weighted by atomic mass is 16.2. The van der Waals surface area contributed by atoms with Crippen LogP contribution >= 0.6 is 0 Å². The lowest BCUT2D eigenvalue weighted by Gasteiger charge is -2.22. The van der Waals surface area contributed by atoms with Crippen molar-refractivity contribution >= 4 is 5.91 Å². The van der Waals surface area contributed by atoms with Gasteiger partial charge >= 0.3 is 0 Å². The summed E-state index contributed by atoms with van der Waals surface area (Å²) >= 11 is 0. The van der Waals surface area contributed by atoms with Gasteiger partial charge in [0.05, 0.1) is 0 Å². The van der Waals surface area contributed by atoms with Gasteiger partial charge in [-0.3, -0.25) is 4.79 Å². The van der Waals surface area contributed by atoms with Gasteiger partial charge in [0.1, 0.15) is 0 Å². The van der Waals surface area contributed by atoms with Gasteiger partial charge in [-0.15, -0.1) is 0 Å². The second-order valence-corrected chi connectivity index (χ2v) is 4.25. The molecular formula is C11H18N2O. The molecule has 0 aromatic carbocycles. The van der Waals surface area contributed by atoms with E-state index >= 15 is 0 Å². The Balaban J connectivity index is 1.74. The third-order valence-electron chi connectivity index (χ3n) is 3.30. The van der Waals surface area contributed by atoms with E-state index in [1.807, 2.05) is 11.0 Å². The Bertz CT molecular complexity index is 250. The standard InChI is InChI=1S/C11H18N2O/c1-12-7-2-4-10(12)6-9-13-8-3-5-11(13)14/h3,5,10H,2,4,6-9H2,1H3. The number of hydrogen-bond acceptors (Lipinski definition) is 2. The molecule has 1 atom stereocenters. The minimum atomic E-state index is 0.186. The van der Waals surface area contributed by atoms with Crippen molar-refractivity contribution in [3.63, 3.8) is 0 Å². The highest BCUT2D eigenvalue weighted by Crippen LogP contribution is 2.18. The summed E-state index contributed by atoms with van der Waals surface area (Å²) in [5.74, 6) is 0.186. The maximum Gasteiger partial charge on any atom is 0.246 e. The quantitative estimate of drug-likeness (QED) is 0.665. The maximum atomic E-state index is 11.3. The first-order valence-corrected chi connectivity index (χ1v) is 5.43. The van der Waals surface area contributed by atoms with Crippen LogP contribution in [0.25, 0.3) is 0 Å². The summed E-state index contributed by atoms with van der Waals surface area (Å²) < 4.78 is 0. The fourth-order valence-electron chi connectivity index (χ4n) is 2.33. The van der Waals surface area contributed by atoms with E-state index in [2.05, 4.69) is 11.9 Å². The van der Waals surface area contributed by atoms with Gasteiger partial charge in [0.25, 0.3) is 0 Å². The van der Waals surface area contributed by atoms with Crippen LogP contribution in [0.4, 0.5) is 0 Å². The highest BCUT2D eigenvalue weighted by Gasteiger charge is 2.22. The molecule has 3 heteroatoms. The van der Waals surface area contributed by atoms with Gasteiger partial charge in [0.2, 0.25) is 5.91 Å². The first kappa shape index (κ1) is 9.71. The number of likely N-dealkylation sites (tertiary alicyclic amines) is 1. The Morgan fingerprint density at radius 2 is 2.43 bits per heavy atom. The van der Waals surface area contributed by atoms with Crippen molar-refractivity contribution in [2.24, 2.45) is 0 Å². The Hall–Kier alpha value is -0.830. The van der Waals surface area contributed by atoms with Crippen molar-refractivity contribution in [2.45, 2.75) is 25.3 Å². The smallest absolute Gasteiger partial charge is 0.246 e. The van der Waals surface area contributed by atoms with Gasteiger partial charge < -0.3 is 9.80 Å². The zero-order valence-electron chi connectivity index (χ0n) is 8.78. The number of hydrogen-bond donors (Lipinski definition) is 0. The second kappa shape index (κ2) is 4.13. The van der Waals surface area contributed by atoms with Gasteiger partial charge in [-0.1, -0.05) is 6.08 Å². The van der Waals surface area contributed by atoms with Crippen LogP contribution in [0.15, 0.2) is 12.2 Å². The van der Waals surface area contributed by atoms with Crippen molar-refractivity contribution in [2.75, 3.05) is 26.7 Å². The fourth-order valence-corrected chi connectivity index (χ4v) is 2.33. The molecule has 2 aliphatic rings. The third-order valence-corrected chi connectivity index (χ3v) is 3.30. The molecule has 2 heterocycles. The van der Waals surface area contributed by atoms with Crippen LogP contribution in [0.3, 0.4) is 0 Å². The highest BCUT2D eigenvalue weighted by molar-refractivity contribution is 5.89. The molecule has 2 aliphatic heterocycles. The van der Waals surface area contributed by atoms with E-state index in [9.17, 15) is 4.79 Å². The van der Waals surface area contributed by atoms with Gasteiger partial charge in [0.15, 0.2) is 0 Å². The Morgan fingerprint density at radius 3 is 3.00 bits per heavy atom. The summed E-state index contributed by atoms with van der Waals surface area (Å²) in [4.78, 5) is 15.6. The molecule has 0 aromatic heterocycles. The molecule has 14 heavy (non-hydrogen) atoms. The van der Waals surface area contributed by atoms with Crippen molar-refractivity contribution in [1.29, 1.82) is 0 Å². The van der Waals surface area contributed by atoms with Crippen LogP contribution in [0.2, 0.25) is 0 Å². The van der Waals surface area contributed by atoms with Crippen LogP contribution in [-0.4, -0.2) is 48.4 Å². The minimum absolute atomic E-state index is 0.186. The van der Waals surface area contributed by atoms with Crippen molar-refractivity contribution < 1.29 is 4.79 Å². The molecule has 0 saturated carbocycles. The lowest BCUT2D eigenvalue weighted by Crippen LogP contribution is -2.32. The minimum Gasteiger partial charge on any atom is -0.335 e. The van der Waals surface area contributed by atoms with Crippen molar-refractivity contribution in [3.05, 3.63) is 12.2 Å². The lowest BCUT2D eigenvalue weighted by molar-refractivity contribution is -0.124. The summed E-state index contributed by atoms with van der Waals surface area (Å²) in [5, 5.41) is 0. The normalized spacial score (nSPS) is 27.9. The molecule has 1 saturated heterocycles. The number of rotatable bonds is 3. The fraction of sp³-hybridized carbons (Fsp3) is 0.727. The van der Waals surface area contributed by atoms with E-state index < -0.39 is 0 Å². The predicted molar refractivity (Wildman–Crippen MR) is 56.0 cm³/mol. The van der Waals surface area contributed by atoms with Gasteiger partial charge in [-0.2, -0.15) is 0 Å². The lowest BCUT2D eigenvalue weighted by atomic mass is 10.1. The summed E-state index contributed by atoms with van der Waals surface area (Å²) in [6.45, 7) is 2.95. The average Bonchev–Trinajstić information content (AvgIpc) is 2.72. The van der Waals surface area contributed by atoms with Crippen LogP contribution in [0.5, 0.6) is 0 Å². The molecule has 0 N–H and O–H groups in total. The molecule has 0 radical (unpaired) electrons. The van der Waals surface area contributed by atoms with Gasteiger partial charge in [0, 0.05) is 25.2 Å².